The average Bonchev–Trinajstić information content (AvgIpc) is 2.85. The molecular formula is C13H19N5O5. The standard InChI is InChI=1S/C13H19N5O5/c14-17-16-5-9-23-8-4-15-11(19)3-7-22-10-6-18-12(20)1-2-13(18)21/h1-2H,3-10H2,(H,15,19). The highest BCUT2D eigenvalue weighted by Crippen LogP contribution is 2.02. The fourth-order valence-electron chi connectivity index (χ4n) is 1.68. The molecule has 10 nitrogen and oxygen atoms in total. The van der Waals surface area contributed by atoms with Gasteiger partial charge in [0.25, 0.3) is 11.8 Å². The van der Waals surface area contributed by atoms with Crippen molar-refractivity contribution < 1.29 is 23.9 Å². The molecule has 1 heterocycles. The molecule has 3 amide bonds. The third-order valence-electron chi connectivity index (χ3n) is 2.80. The summed E-state index contributed by atoms with van der Waals surface area (Å²) in [7, 11) is 0. The molecule has 0 aromatic rings. The number of imide groups is 1. The van der Waals surface area contributed by atoms with E-state index in [4.69, 9.17) is 15.0 Å². The van der Waals surface area contributed by atoms with E-state index in [2.05, 4.69) is 15.3 Å². The lowest BCUT2D eigenvalue weighted by Gasteiger charge is -2.13. The Morgan fingerprint density at radius 1 is 1.17 bits per heavy atom. The predicted octanol–water partition coefficient (Wildman–Crippen LogP) is -0.239. The zero-order chi connectivity index (χ0) is 16.9. The van der Waals surface area contributed by atoms with Gasteiger partial charge in [-0.3, -0.25) is 19.3 Å². The molecule has 1 aliphatic rings. The van der Waals surface area contributed by atoms with E-state index in [1.165, 1.54) is 12.2 Å². The third-order valence-corrected chi connectivity index (χ3v) is 2.80. The van der Waals surface area contributed by atoms with Crippen LogP contribution in [0.4, 0.5) is 0 Å². The number of carbonyl (C=O) groups is 3. The predicted molar refractivity (Wildman–Crippen MR) is 79.1 cm³/mol. The van der Waals surface area contributed by atoms with Crippen molar-refractivity contribution in [2.75, 3.05) is 46.1 Å². The van der Waals surface area contributed by atoms with Crippen LogP contribution in [0.2, 0.25) is 0 Å². The summed E-state index contributed by atoms with van der Waals surface area (Å²) in [5.74, 6) is -0.882. The SMILES string of the molecule is [N-]=[N+]=NCCOCCNC(=O)CCOCCN1C(=O)C=CC1=O. The van der Waals surface area contributed by atoms with Crippen LogP contribution in [-0.4, -0.2) is 68.7 Å². The number of nitrogens with one attached hydrogen (secondary N) is 1. The normalized spacial score (nSPS) is 13.3. The summed E-state index contributed by atoms with van der Waals surface area (Å²) in [6, 6.07) is 0. The van der Waals surface area contributed by atoms with Crippen molar-refractivity contribution in [1.29, 1.82) is 0 Å². The quantitative estimate of drug-likeness (QED) is 0.174. The van der Waals surface area contributed by atoms with Crippen molar-refractivity contribution in [3.63, 3.8) is 0 Å². The Morgan fingerprint density at radius 2 is 1.87 bits per heavy atom. The van der Waals surface area contributed by atoms with E-state index in [0.717, 1.165) is 4.90 Å². The number of nitrogens with zero attached hydrogens (tertiary/aromatic N) is 4. The number of carbonyl (C=O) groups excluding carboxylic acids is 3. The summed E-state index contributed by atoms with van der Waals surface area (Å²) in [6.45, 7) is 1.83. The second kappa shape index (κ2) is 11.2. The van der Waals surface area contributed by atoms with Crippen molar-refractivity contribution in [2.45, 2.75) is 6.42 Å². The van der Waals surface area contributed by atoms with Gasteiger partial charge in [-0.25, -0.2) is 0 Å². The highest BCUT2D eigenvalue weighted by atomic mass is 16.5. The highest BCUT2D eigenvalue weighted by Gasteiger charge is 2.22. The number of amides is 3. The van der Waals surface area contributed by atoms with E-state index in [1.807, 2.05) is 0 Å². The van der Waals surface area contributed by atoms with E-state index in [9.17, 15) is 14.4 Å². The van der Waals surface area contributed by atoms with Gasteiger partial charge in [-0.2, -0.15) is 0 Å². The van der Waals surface area contributed by atoms with Crippen LogP contribution in [0.3, 0.4) is 0 Å². The molecule has 0 aromatic heterocycles. The first-order valence-corrected chi connectivity index (χ1v) is 7.11. The number of hydrogen-bond acceptors (Lipinski definition) is 6. The van der Waals surface area contributed by atoms with Gasteiger partial charge in [0.1, 0.15) is 0 Å². The van der Waals surface area contributed by atoms with Crippen LogP contribution in [0, 0.1) is 0 Å². The molecule has 0 fully saturated rings. The van der Waals surface area contributed by atoms with Gasteiger partial charge in [-0.1, -0.05) is 5.11 Å². The van der Waals surface area contributed by atoms with Gasteiger partial charge in [0.2, 0.25) is 5.91 Å². The Bertz CT molecular complexity index is 483. The van der Waals surface area contributed by atoms with E-state index in [-0.39, 0.29) is 50.4 Å². The second-order valence-electron chi connectivity index (χ2n) is 4.44. The van der Waals surface area contributed by atoms with Crippen molar-refractivity contribution in [3.05, 3.63) is 22.6 Å². The lowest BCUT2D eigenvalue weighted by molar-refractivity contribution is -0.138. The summed E-state index contributed by atoms with van der Waals surface area (Å²) in [6.07, 6.45) is 2.61. The third kappa shape index (κ3) is 7.96. The van der Waals surface area contributed by atoms with Gasteiger partial charge in [0, 0.05) is 36.6 Å². The largest absolute Gasteiger partial charge is 0.379 e. The summed E-state index contributed by atoms with van der Waals surface area (Å²) in [5, 5.41) is 5.95. The molecule has 23 heavy (non-hydrogen) atoms. The molecule has 0 saturated heterocycles. The van der Waals surface area contributed by atoms with Crippen LogP contribution < -0.4 is 5.32 Å². The summed E-state index contributed by atoms with van der Waals surface area (Å²) in [4.78, 5) is 37.6. The molecular weight excluding hydrogens is 306 g/mol. The molecule has 0 bridgehead atoms. The zero-order valence-corrected chi connectivity index (χ0v) is 12.6. The smallest absolute Gasteiger partial charge is 0.253 e. The van der Waals surface area contributed by atoms with Crippen LogP contribution in [-0.2, 0) is 23.9 Å². The molecule has 0 spiro atoms. The minimum absolute atomic E-state index is 0.172. The van der Waals surface area contributed by atoms with Crippen LogP contribution in [0.1, 0.15) is 6.42 Å². The summed E-state index contributed by atoms with van der Waals surface area (Å²) >= 11 is 0. The molecule has 0 atom stereocenters. The molecule has 0 saturated carbocycles. The highest BCUT2D eigenvalue weighted by molar-refractivity contribution is 6.12. The maximum atomic E-state index is 11.5. The molecule has 1 aliphatic heterocycles. The fourth-order valence-corrected chi connectivity index (χ4v) is 1.68. The summed E-state index contributed by atoms with van der Waals surface area (Å²) in [5.41, 5.74) is 8.04. The molecule has 10 heteroatoms. The Balaban J connectivity index is 1.93. The van der Waals surface area contributed by atoms with E-state index in [0.29, 0.717) is 19.8 Å². The lowest BCUT2D eigenvalue weighted by Crippen LogP contribution is -2.33. The summed E-state index contributed by atoms with van der Waals surface area (Å²) < 4.78 is 10.3. The topological polar surface area (TPSA) is 134 Å². The number of ether oxygens (including phenoxy) is 2. The van der Waals surface area contributed by atoms with Gasteiger partial charge in [-0.05, 0) is 5.53 Å². The monoisotopic (exact) mass is 325 g/mol. The maximum absolute atomic E-state index is 11.5. The molecule has 1 rings (SSSR count). The maximum Gasteiger partial charge on any atom is 0.253 e. The van der Waals surface area contributed by atoms with Gasteiger partial charge >= 0.3 is 0 Å². The first kappa shape index (κ1) is 18.6. The Labute approximate surface area is 133 Å². The minimum Gasteiger partial charge on any atom is -0.379 e. The average molecular weight is 325 g/mol. The number of rotatable bonds is 12. The fraction of sp³-hybridized carbons (Fsp3) is 0.615. The van der Waals surface area contributed by atoms with Crippen molar-refractivity contribution in [2.24, 2.45) is 5.11 Å². The number of azide groups is 1. The van der Waals surface area contributed by atoms with E-state index in [1.54, 1.807) is 0 Å². The van der Waals surface area contributed by atoms with Crippen LogP contribution >= 0.6 is 0 Å². The zero-order valence-electron chi connectivity index (χ0n) is 12.6. The van der Waals surface area contributed by atoms with Crippen molar-refractivity contribution in [1.82, 2.24) is 10.2 Å². The van der Waals surface area contributed by atoms with E-state index >= 15 is 0 Å². The van der Waals surface area contributed by atoms with Crippen molar-refractivity contribution in [3.8, 4) is 0 Å². The molecule has 0 aliphatic carbocycles. The van der Waals surface area contributed by atoms with Crippen LogP contribution in [0.15, 0.2) is 17.3 Å². The molecule has 0 unspecified atom stereocenters. The first-order chi connectivity index (χ1) is 11.1. The lowest BCUT2D eigenvalue weighted by atomic mass is 10.4. The van der Waals surface area contributed by atoms with Gasteiger partial charge in [0.05, 0.1) is 33.0 Å². The molecule has 0 aromatic carbocycles. The Morgan fingerprint density at radius 3 is 2.57 bits per heavy atom. The Kier molecular flexibility index (Phi) is 9.06. The minimum atomic E-state index is -0.350. The second-order valence-corrected chi connectivity index (χ2v) is 4.44. The van der Waals surface area contributed by atoms with Gasteiger partial charge < -0.3 is 14.8 Å². The molecule has 0 radical (unpaired) electrons. The first-order valence-electron chi connectivity index (χ1n) is 7.11. The molecule has 1 N–H and O–H groups in total. The van der Waals surface area contributed by atoms with Crippen molar-refractivity contribution >= 4 is 17.7 Å². The Hall–Kier alpha value is -2.42. The van der Waals surface area contributed by atoms with Crippen LogP contribution in [0.25, 0.3) is 10.4 Å². The molecule has 126 valence electrons. The number of hydrogen-bond donors (Lipinski definition) is 1. The van der Waals surface area contributed by atoms with Gasteiger partial charge in [-0.15, -0.1) is 0 Å². The van der Waals surface area contributed by atoms with Crippen LogP contribution in [0.5, 0.6) is 0 Å². The van der Waals surface area contributed by atoms with E-state index < -0.39 is 0 Å². The van der Waals surface area contributed by atoms with Gasteiger partial charge in [0.15, 0.2) is 0 Å².